The molecule has 1 saturated carbocycles. The van der Waals surface area contributed by atoms with E-state index in [0.717, 1.165) is 37.7 Å². The lowest BCUT2D eigenvalue weighted by molar-refractivity contribution is -0.161. The van der Waals surface area contributed by atoms with Crippen LogP contribution in [0.4, 0.5) is 0 Å². The Bertz CT molecular complexity index is 766. The van der Waals surface area contributed by atoms with Crippen LogP contribution in [-0.4, -0.2) is 19.0 Å². The molecule has 2 aliphatic rings. The van der Waals surface area contributed by atoms with Gasteiger partial charge in [0.2, 0.25) is 0 Å². The topological polar surface area (TPSA) is 52.6 Å². The highest BCUT2D eigenvalue weighted by Gasteiger charge is 2.55. The van der Waals surface area contributed by atoms with Gasteiger partial charge in [-0.05, 0) is 72.6 Å². The Kier molecular flexibility index (Phi) is 5.13. The van der Waals surface area contributed by atoms with Crippen molar-refractivity contribution in [3.63, 3.8) is 0 Å². The van der Waals surface area contributed by atoms with E-state index in [1.54, 1.807) is 0 Å². The van der Waals surface area contributed by atoms with E-state index in [1.807, 2.05) is 0 Å². The molecule has 0 bridgehead atoms. The Morgan fingerprint density at radius 2 is 1.89 bits per heavy atom. The van der Waals surface area contributed by atoms with Crippen LogP contribution in [0.15, 0.2) is 12.1 Å². The van der Waals surface area contributed by atoms with Crippen molar-refractivity contribution >= 4 is 11.9 Å². The Labute approximate surface area is 162 Å². The zero-order valence-corrected chi connectivity index (χ0v) is 17.5. The van der Waals surface area contributed by atoms with Gasteiger partial charge in [0.05, 0.1) is 12.5 Å². The van der Waals surface area contributed by atoms with Gasteiger partial charge in [-0.2, -0.15) is 0 Å². The molecule has 4 nitrogen and oxygen atoms in total. The van der Waals surface area contributed by atoms with E-state index < -0.39 is 5.41 Å². The Morgan fingerprint density at radius 3 is 2.48 bits per heavy atom. The SMILES string of the molecule is COC(=O)[C@]1(C)CCC[C@]2(C)c3cc(OC(C)=O)c(C(C)C)cc3CC[C@@H]12. The summed E-state index contributed by atoms with van der Waals surface area (Å²) in [6.07, 6.45) is 4.84. The number of fused-ring (bicyclic) bond motifs is 3. The minimum Gasteiger partial charge on any atom is -0.469 e. The third-order valence-corrected chi connectivity index (χ3v) is 7.01. The number of hydrogen-bond acceptors (Lipinski definition) is 4. The van der Waals surface area contributed by atoms with Crippen molar-refractivity contribution in [2.45, 2.75) is 78.1 Å². The second-order valence-corrected chi connectivity index (χ2v) is 9.07. The Hall–Kier alpha value is -1.84. The van der Waals surface area contributed by atoms with Crippen molar-refractivity contribution in [2.24, 2.45) is 11.3 Å². The summed E-state index contributed by atoms with van der Waals surface area (Å²) in [5.74, 6) is 0.789. The van der Waals surface area contributed by atoms with Crippen LogP contribution in [0.1, 0.15) is 82.9 Å². The first-order chi connectivity index (χ1) is 12.6. The average molecular weight is 373 g/mol. The number of rotatable bonds is 3. The van der Waals surface area contributed by atoms with Gasteiger partial charge in [0.25, 0.3) is 0 Å². The first kappa shape index (κ1) is 19.9. The molecule has 0 saturated heterocycles. The number of benzene rings is 1. The number of carbonyl (C=O) groups excluding carboxylic acids is 2. The molecule has 1 aromatic carbocycles. The van der Waals surface area contributed by atoms with Gasteiger partial charge in [0.1, 0.15) is 5.75 Å². The van der Waals surface area contributed by atoms with Crippen molar-refractivity contribution in [2.75, 3.05) is 7.11 Å². The number of methoxy groups -OCH3 is 1. The highest BCUT2D eigenvalue weighted by atomic mass is 16.5. The molecule has 0 heterocycles. The van der Waals surface area contributed by atoms with Gasteiger partial charge in [-0.25, -0.2) is 0 Å². The first-order valence-electron chi connectivity index (χ1n) is 10.1. The standard InChI is InChI=1S/C23H32O4/c1-14(2)17-12-16-8-9-20-22(4,18(16)13-19(17)27-15(3)24)10-7-11-23(20,5)21(25)26-6/h12-14,20H,7-11H2,1-6H3/t20-,22-,23-/m1/s1. The molecule has 2 aliphatic carbocycles. The summed E-state index contributed by atoms with van der Waals surface area (Å²) in [5.41, 5.74) is 3.09. The molecule has 0 unspecified atom stereocenters. The number of carbonyl (C=O) groups is 2. The normalized spacial score (nSPS) is 29.7. The van der Waals surface area contributed by atoms with Crippen LogP contribution >= 0.6 is 0 Å². The van der Waals surface area contributed by atoms with Crippen LogP contribution in [0.2, 0.25) is 0 Å². The van der Waals surface area contributed by atoms with E-state index in [4.69, 9.17) is 9.47 Å². The first-order valence-corrected chi connectivity index (χ1v) is 10.1. The molecule has 3 atom stereocenters. The van der Waals surface area contributed by atoms with Gasteiger partial charge >= 0.3 is 11.9 Å². The smallest absolute Gasteiger partial charge is 0.311 e. The summed E-state index contributed by atoms with van der Waals surface area (Å²) in [6.45, 7) is 10.0. The van der Waals surface area contributed by atoms with E-state index >= 15 is 0 Å². The zero-order chi connectivity index (χ0) is 20.0. The fourth-order valence-electron chi connectivity index (χ4n) is 5.69. The molecule has 1 aromatic rings. The largest absolute Gasteiger partial charge is 0.469 e. The molecule has 27 heavy (non-hydrogen) atoms. The van der Waals surface area contributed by atoms with Gasteiger partial charge in [0.15, 0.2) is 0 Å². The lowest BCUT2D eigenvalue weighted by Gasteiger charge is -2.54. The number of esters is 2. The third kappa shape index (κ3) is 3.17. The van der Waals surface area contributed by atoms with Crippen molar-refractivity contribution in [1.29, 1.82) is 0 Å². The predicted molar refractivity (Wildman–Crippen MR) is 105 cm³/mol. The van der Waals surface area contributed by atoms with Crippen molar-refractivity contribution in [3.05, 3.63) is 28.8 Å². The summed E-state index contributed by atoms with van der Waals surface area (Å²) in [5, 5.41) is 0. The minimum atomic E-state index is -0.461. The maximum atomic E-state index is 12.7. The van der Waals surface area contributed by atoms with E-state index in [-0.39, 0.29) is 29.2 Å². The molecule has 1 fully saturated rings. The van der Waals surface area contributed by atoms with Crippen molar-refractivity contribution in [3.8, 4) is 5.75 Å². The summed E-state index contributed by atoms with van der Waals surface area (Å²) < 4.78 is 10.8. The second-order valence-electron chi connectivity index (χ2n) is 9.07. The maximum Gasteiger partial charge on any atom is 0.311 e. The van der Waals surface area contributed by atoms with Crippen LogP contribution < -0.4 is 4.74 Å². The molecule has 0 aliphatic heterocycles. The molecule has 0 amide bonds. The van der Waals surface area contributed by atoms with E-state index in [2.05, 4.69) is 39.8 Å². The van der Waals surface area contributed by atoms with Crippen LogP contribution in [0.3, 0.4) is 0 Å². The monoisotopic (exact) mass is 372 g/mol. The zero-order valence-electron chi connectivity index (χ0n) is 17.5. The molecule has 0 N–H and O–H groups in total. The molecule has 4 heteroatoms. The summed E-state index contributed by atoms with van der Waals surface area (Å²) >= 11 is 0. The summed E-state index contributed by atoms with van der Waals surface area (Å²) in [4.78, 5) is 24.3. The molecule has 0 radical (unpaired) electrons. The summed E-state index contributed by atoms with van der Waals surface area (Å²) in [7, 11) is 1.49. The van der Waals surface area contributed by atoms with E-state index in [0.29, 0.717) is 5.75 Å². The lowest BCUT2D eigenvalue weighted by Crippen LogP contribution is -2.52. The fourth-order valence-corrected chi connectivity index (χ4v) is 5.69. The highest BCUT2D eigenvalue weighted by Crippen LogP contribution is 2.58. The number of aryl methyl sites for hydroxylation is 1. The van der Waals surface area contributed by atoms with Crippen LogP contribution in [-0.2, 0) is 26.2 Å². The second kappa shape index (κ2) is 6.96. The average Bonchev–Trinajstić information content (AvgIpc) is 2.60. The fraction of sp³-hybridized carbons (Fsp3) is 0.652. The van der Waals surface area contributed by atoms with Gasteiger partial charge in [-0.15, -0.1) is 0 Å². The molecule has 3 rings (SSSR count). The molecule has 0 spiro atoms. The third-order valence-electron chi connectivity index (χ3n) is 7.01. The predicted octanol–water partition coefficient (Wildman–Crippen LogP) is 4.92. The maximum absolute atomic E-state index is 12.7. The lowest BCUT2D eigenvalue weighted by atomic mass is 9.49. The van der Waals surface area contributed by atoms with Crippen molar-refractivity contribution < 1.29 is 19.1 Å². The van der Waals surface area contributed by atoms with E-state index in [9.17, 15) is 9.59 Å². The van der Waals surface area contributed by atoms with Crippen LogP contribution in [0.5, 0.6) is 5.75 Å². The van der Waals surface area contributed by atoms with Gasteiger partial charge in [-0.1, -0.05) is 33.3 Å². The molecule has 0 aromatic heterocycles. The number of ether oxygens (including phenoxy) is 2. The quantitative estimate of drug-likeness (QED) is 0.558. The van der Waals surface area contributed by atoms with Gasteiger partial charge in [-0.3, -0.25) is 9.59 Å². The van der Waals surface area contributed by atoms with Gasteiger partial charge < -0.3 is 9.47 Å². The Balaban J connectivity index is 2.13. The molecular formula is C23H32O4. The Morgan fingerprint density at radius 1 is 1.19 bits per heavy atom. The minimum absolute atomic E-state index is 0.0964. The van der Waals surface area contributed by atoms with E-state index in [1.165, 1.54) is 25.2 Å². The molecular weight excluding hydrogens is 340 g/mol. The van der Waals surface area contributed by atoms with Crippen LogP contribution in [0, 0.1) is 11.3 Å². The number of hydrogen-bond donors (Lipinski definition) is 0. The van der Waals surface area contributed by atoms with Gasteiger partial charge in [0, 0.05) is 6.92 Å². The summed E-state index contributed by atoms with van der Waals surface area (Å²) in [6, 6.07) is 4.31. The van der Waals surface area contributed by atoms with Crippen LogP contribution in [0.25, 0.3) is 0 Å². The van der Waals surface area contributed by atoms with Crippen molar-refractivity contribution in [1.82, 2.24) is 0 Å². The molecule has 148 valence electrons. The highest BCUT2D eigenvalue weighted by molar-refractivity contribution is 5.77.